The molecule has 0 spiro atoms. The van der Waals surface area contributed by atoms with Crippen molar-refractivity contribution in [2.24, 2.45) is 0 Å². The number of alkyl halides is 13. The van der Waals surface area contributed by atoms with Crippen molar-refractivity contribution in [3.63, 3.8) is 0 Å². The van der Waals surface area contributed by atoms with Gasteiger partial charge in [-0.1, -0.05) is 0 Å². The number of likely N-dealkylation sites (tertiary alicyclic amines) is 2. The molecule has 7 aliphatic rings. The van der Waals surface area contributed by atoms with Gasteiger partial charge in [-0.05, 0) is 195 Å². The van der Waals surface area contributed by atoms with E-state index < -0.39 is 82.6 Å². The van der Waals surface area contributed by atoms with Gasteiger partial charge in [0.2, 0.25) is 0 Å². The van der Waals surface area contributed by atoms with E-state index in [1.807, 2.05) is 13.8 Å². The Hall–Kier alpha value is -6.80. The third-order valence-electron chi connectivity index (χ3n) is 17.6. The molecule has 2 N–H and O–H groups in total. The molecule has 4 unspecified atom stereocenters. The molecule has 91 heavy (non-hydrogen) atoms. The zero-order valence-electron chi connectivity index (χ0n) is 52.3. The summed E-state index contributed by atoms with van der Waals surface area (Å²) in [5.41, 5.74) is -3.01. The Morgan fingerprint density at radius 3 is 1.31 bits per heavy atom. The Bertz CT molecular complexity index is 3390. The van der Waals surface area contributed by atoms with E-state index in [1.54, 1.807) is 65.5 Å². The number of rotatable bonds is 9. The third-order valence-corrected chi connectivity index (χ3v) is 17.6. The van der Waals surface area contributed by atoms with Gasteiger partial charge in [0.15, 0.2) is 0 Å². The van der Waals surface area contributed by atoms with Gasteiger partial charge < -0.3 is 34.7 Å². The molecule has 6 aliphatic heterocycles. The molecule has 5 amide bonds. The maximum atomic E-state index is 14.0. The Labute approximate surface area is 519 Å². The summed E-state index contributed by atoms with van der Waals surface area (Å²) in [6, 6.07) is 8.99. The summed E-state index contributed by atoms with van der Waals surface area (Å²) in [6.07, 6.45) is -17.3. The van der Waals surface area contributed by atoms with Crippen LogP contribution in [-0.4, -0.2) is 131 Å². The third kappa shape index (κ3) is 15.0. The second-order valence-corrected chi connectivity index (χ2v) is 26.0. The first kappa shape index (κ1) is 70.1. The smallest absolute Gasteiger partial charge is 0.391 e. The van der Waals surface area contributed by atoms with Gasteiger partial charge >= 0.3 is 24.7 Å². The zero-order valence-corrected chi connectivity index (χ0v) is 52.3. The van der Waals surface area contributed by atoms with E-state index in [-0.39, 0.29) is 149 Å². The lowest BCUT2D eigenvalue weighted by atomic mass is 9.97. The van der Waals surface area contributed by atoms with Crippen LogP contribution in [0.5, 0.6) is 0 Å². The number of nitrogens with zero attached hydrogens (tertiary/aromatic N) is 6. The fourth-order valence-corrected chi connectivity index (χ4v) is 12.5. The van der Waals surface area contributed by atoms with Crippen molar-refractivity contribution in [1.29, 1.82) is 0 Å². The molecule has 11 rings (SSSR count). The van der Waals surface area contributed by atoms with Gasteiger partial charge in [0.1, 0.15) is 5.67 Å². The van der Waals surface area contributed by atoms with Gasteiger partial charge in [0.05, 0.1) is 34.5 Å². The fourth-order valence-electron chi connectivity index (χ4n) is 12.5. The molecular formula is C65H75F13N6O7. The summed E-state index contributed by atoms with van der Waals surface area (Å²) in [5, 5.41) is 19.2. The molecule has 0 radical (unpaired) electrons. The molecule has 498 valence electrons. The van der Waals surface area contributed by atoms with Gasteiger partial charge in [-0.3, -0.25) is 28.9 Å². The van der Waals surface area contributed by atoms with E-state index in [9.17, 15) is 91.3 Å². The molecule has 2 saturated heterocycles. The fraction of sp³-hybridized carbons (Fsp3) is 0.554. The molecule has 6 heterocycles. The van der Waals surface area contributed by atoms with Crippen molar-refractivity contribution in [2.75, 3.05) is 19.6 Å². The molecule has 4 aromatic rings. The molecule has 3 fully saturated rings. The molecule has 26 heteroatoms. The minimum Gasteiger partial charge on any atom is -0.391 e. The number of halogens is 13. The molecule has 0 bridgehead atoms. The Morgan fingerprint density at radius 2 is 0.945 bits per heavy atom. The molecule has 4 aromatic carbocycles. The van der Waals surface area contributed by atoms with E-state index >= 15 is 0 Å². The van der Waals surface area contributed by atoms with Gasteiger partial charge in [0, 0.05) is 110 Å². The zero-order chi connectivity index (χ0) is 67.8. The number of β-amino-alcohol motifs (C(OH)–C–C–N with tert-alkyl or cyclic N) is 1. The van der Waals surface area contributed by atoms with E-state index in [1.165, 1.54) is 56.5 Å². The number of aliphatic hydroxyl groups excluding tert-OH is 2. The molecule has 4 atom stereocenters. The molecule has 0 aromatic heterocycles. The lowest BCUT2D eigenvalue weighted by molar-refractivity contribution is -0.139. The van der Waals surface area contributed by atoms with Gasteiger partial charge in [-0.2, -0.15) is 52.7 Å². The Kier molecular flexibility index (Phi) is 19.7. The predicted octanol–water partition coefficient (Wildman–Crippen LogP) is 13.7. The monoisotopic (exact) mass is 1300 g/mol. The minimum absolute atomic E-state index is 0.000556. The highest BCUT2D eigenvalue weighted by molar-refractivity contribution is 6.04. The lowest BCUT2D eigenvalue weighted by Crippen LogP contribution is -2.34. The topological polar surface area (TPSA) is 145 Å². The summed E-state index contributed by atoms with van der Waals surface area (Å²) in [6.45, 7) is 19.6. The number of amides is 5. The Morgan fingerprint density at radius 1 is 0.560 bits per heavy atom. The molecule has 1 aliphatic carbocycles. The van der Waals surface area contributed by atoms with Crippen molar-refractivity contribution < 1.29 is 91.3 Å². The number of carbonyl (C=O) groups excluding carboxylic acids is 5. The van der Waals surface area contributed by atoms with Crippen molar-refractivity contribution in [2.45, 2.75) is 213 Å². The maximum Gasteiger partial charge on any atom is 0.416 e. The van der Waals surface area contributed by atoms with Gasteiger partial charge in [-0.25, -0.2) is 4.39 Å². The summed E-state index contributed by atoms with van der Waals surface area (Å²) >= 11 is 0. The summed E-state index contributed by atoms with van der Waals surface area (Å²) in [5.74, 6) is -1.95. The summed E-state index contributed by atoms with van der Waals surface area (Å²) in [7, 11) is 0. The van der Waals surface area contributed by atoms with Crippen LogP contribution in [-0.2, 0) is 57.4 Å². The number of fused-ring (bicyclic) bond motifs is 4. The Balaban J connectivity index is 0.000000157. The lowest BCUT2D eigenvalue weighted by Gasteiger charge is -2.22. The van der Waals surface area contributed by atoms with E-state index in [0.717, 1.165) is 31.0 Å². The van der Waals surface area contributed by atoms with Crippen LogP contribution in [0.15, 0.2) is 48.5 Å². The van der Waals surface area contributed by atoms with E-state index in [4.69, 9.17) is 0 Å². The quantitative estimate of drug-likeness (QED) is 0.158. The molecular weight excluding hydrogens is 1220 g/mol. The molecule has 13 nitrogen and oxygen atoms in total. The normalized spacial score (nSPS) is 21.2. The summed E-state index contributed by atoms with van der Waals surface area (Å²) < 4.78 is 174. The number of benzene rings is 4. The number of hydrogen-bond donors (Lipinski definition) is 2. The van der Waals surface area contributed by atoms with Crippen LogP contribution in [0.4, 0.5) is 57.1 Å². The van der Waals surface area contributed by atoms with Crippen LogP contribution in [0, 0.1) is 0 Å². The highest BCUT2D eigenvalue weighted by Crippen LogP contribution is 2.47. The van der Waals surface area contributed by atoms with Crippen LogP contribution in [0.1, 0.15) is 227 Å². The first-order valence-electron chi connectivity index (χ1n) is 30.2. The van der Waals surface area contributed by atoms with Gasteiger partial charge in [-0.15, -0.1) is 0 Å². The second kappa shape index (κ2) is 25.6. The summed E-state index contributed by atoms with van der Waals surface area (Å²) in [4.78, 5) is 71.0. The highest BCUT2D eigenvalue weighted by atomic mass is 19.4. The van der Waals surface area contributed by atoms with Crippen molar-refractivity contribution in [1.82, 2.24) is 29.4 Å². The van der Waals surface area contributed by atoms with Crippen LogP contribution >= 0.6 is 0 Å². The number of carbonyl (C=O) groups is 5. The molecule has 1 saturated carbocycles. The van der Waals surface area contributed by atoms with E-state index in [2.05, 4.69) is 0 Å². The number of hydrogen-bond acceptors (Lipinski definition) is 8. The highest BCUT2D eigenvalue weighted by Gasteiger charge is 2.47. The first-order chi connectivity index (χ1) is 41.9. The van der Waals surface area contributed by atoms with Crippen LogP contribution in [0.25, 0.3) is 0 Å². The van der Waals surface area contributed by atoms with Crippen LogP contribution < -0.4 is 0 Å². The van der Waals surface area contributed by atoms with Crippen molar-refractivity contribution in [3.05, 3.63) is 138 Å². The maximum absolute atomic E-state index is 14.0. The predicted molar refractivity (Wildman–Crippen MR) is 309 cm³/mol. The second-order valence-electron chi connectivity index (χ2n) is 26.0. The van der Waals surface area contributed by atoms with Crippen molar-refractivity contribution >= 4 is 29.5 Å². The van der Waals surface area contributed by atoms with E-state index in [0.29, 0.717) is 30.5 Å². The van der Waals surface area contributed by atoms with Crippen molar-refractivity contribution in [3.8, 4) is 0 Å². The standard InChI is InChI=1S/C18H22F4N2O.C18H21F3N2O3.C15H16F3NO.C14H16F3NO2/c1-11(2)24-9-14-13(16(24)25)6-12(7-15(14)18(20,21)22)8-23-5-4-17(3,19)10-23;1-9(2)22-8-14-13(17(22)26)5-11(6-15(14)18(19,20)21)16(25)23-7-12(24)4-10(23)3;1-8(2)19-7-12-11(14(19)20)5-10(9-3-4-9)6-13(12)15(16,17)18;1-7(2)18-6-11-10(13(18)20)4-9(8(3)19)5-12(11)14(15,16)17/h6-7,11H,4-5,8-10H2,1-3H3;5-6,9-10,12,24H,4,7-8H2,1-3H3;5-6,8-9H,3-4,7H2,1-2H3;4-5,7-8,19H,6H2,1-3H3. The average molecular weight is 1300 g/mol. The van der Waals surface area contributed by atoms with Gasteiger partial charge in [0.25, 0.3) is 29.5 Å². The van der Waals surface area contributed by atoms with Crippen LogP contribution in [0.2, 0.25) is 0 Å². The number of aliphatic hydroxyl groups is 2. The average Bonchev–Trinajstić information content (AvgIpc) is 1.66. The largest absolute Gasteiger partial charge is 0.416 e. The SMILES string of the molecule is CC(C)N1Cc2c(cc(C(=O)N3CC(O)CC3C)cc2C(F)(F)F)C1=O.CC(C)N1Cc2c(cc(C3CC3)cc2C(F)(F)F)C1=O.CC(C)N1Cc2c(cc(CN3CCC(C)(F)C3)cc2C(F)(F)F)C1=O.CC(O)c1cc2c(c(C(F)(F)F)c1)CN(C(C)C)C2=O. The van der Waals surface area contributed by atoms with Crippen LogP contribution in [0.3, 0.4) is 0 Å². The minimum atomic E-state index is -4.66. The first-order valence-corrected chi connectivity index (χ1v) is 30.2.